The highest BCUT2D eigenvalue weighted by Crippen LogP contribution is 2.28. The Morgan fingerprint density at radius 1 is 0.950 bits per heavy atom. The molecule has 0 amide bonds. The maximum Gasteiger partial charge on any atom is 0.161 e. The van der Waals surface area contributed by atoms with E-state index in [1.807, 2.05) is 18.2 Å². The third-order valence-electron chi connectivity index (χ3n) is 2.79. The fraction of sp³-hybridized carbons (Fsp3) is 0.600. The van der Waals surface area contributed by atoms with E-state index in [1.54, 1.807) is 21.3 Å². The fourth-order valence-corrected chi connectivity index (χ4v) is 1.73. The van der Waals surface area contributed by atoms with Gasteiger partial charge in [-0.05, 0) is 17.7 Å². The van der Waals surface area contributed by atoms with E-state index in [0.29, 0.717) is 19.8 Å². The molecule has 1 aromatic carbocycles. The number of nitrogens with one attached hydrogen (secondary N) is 1. The Labute approximate surface area is 121 Å². The minimum absolute atomic E-state index is 0.621. The molecule has 0 spiro atoms. The second-order valence-electron chi connectivity index (χ2n) is 4.35. The molecule has 0 aromatic heterocycles. The van der Waals surface area contributed by atoms with Crippen LogP contribution in [0.3, 0.4) is 0 Å². The van der Waals surface area contributed by atoms with Crippen molar-refractivity contribution in [3.63, 3.8) is 0 Å². The summed E-state index contributed by atoms with van der Waals surface area (Å²) in [4.78, 5) is 0. The lowest BCUT2D eigenvalue weighted by Crippen LogP contribution is -2.18. The zero-order chi connectivity index (χ0) is 14.6. The molecule has 1 aromatic rings. The molecule has 0 heterocycles. The van der Waals surface area contributed by atoms with E-state index >= 15 is 0 Å². The average molecular weight is 283 g/mol. The van der Waals surface area contributed by atoms with Crippen molar-refractivity contribution in [3.8, 4) is 11.5 Å². The summed E-state index contributed by atoms with van der Waals surface area (Å²) in [5, 5.41) is 3.30. The third-order valence-corrected chi connectivity index (χ3v) is 2.79. The lowest BCUT2D eigenvalue weighted by Gasteiger charge is -2.12. The van der Waals surface area contributed by atoms with Crippen molar-refractivity contribution >= 4 is 0 Å². The summed E-state index contributed by atoms with van der Waals surface area (Å²) in [6.45, 7) is 3.63. The molecule has 114 valence electrons. The van der Waals surface area contributed by atoms with Crippen LogP contribution in [0.15, 0.2) is 18.2 Å². The number of methoxy groups -OCH3 is 3. The molecule has 0 radical (unpaired) electrons. The summed E-state index contributed by atoms with van der Waals surface area (Å²) >= 11 is 0. The summed E-state index contributed by atoms with van der Waals surface area (Å²) in [5.74, 6) is 1.53. The maximum absolute atomic E-state index is 5.68. The van der Waals surface area contributed by atoms with E-state index in [0.717, 1.165) is 36.6 Å². The first-order valence-corrected chi connectivity index (χ1v) is 6.80. The van der Waals surface area contributed by atoms with Gasteiger partial charge < -0.3 is 24.3 Å². The zero-order valence-electron chi connectivity index (χ0n) is 12.6. The monoisotopic (exact) mass is 283 g/mol. The van der Waals surface area contributed by atoms with Crippen molar-refractivity contribution in [2.45, 2.75) is 13.0 Å². The number of rotatable bonds is 11. The molecule has 0 atom stereocenters. The Morgan fingerprint density at radius 2 is 1.75 bits per heavy atom. The van der Waals surface area contributed by atoms with E-state index in [-0.39, 0.29) is 0 Å². The second kappa shape index (κ2) is 10.5. The molecule has 0 aliphatic heterocycles. The minimum Gasteiger partial charge on any atom is -0.493 e. The van der Waals surface area contributed by atoms with Gasteiger partial charge in [0.05, 0.1) is 20.3 Å². The number of hydrogen-bond donors (Lipinski definition) is 1. The number of hydrogen-bond acceptors (Lipinski definition) is 5. The van der Waals surface area contributed by atoms with Gasteiger partial charge in [0.2, 0.25) is 0 Å². The van der Waals surface area contributed by atoms with Crippen LogP contribution in [0.2, 0.25) is 0 Å². The topological polar surface area (TPSA) is 49.0 Å². The van der Waals surface area contributed by atoms with Crippen LogP contribution in [-0.2, 0) is 16.0 Å². The molecule has 0 aliphatic carbocycles. The molecule has 0 fully saturated rings. The Balaban J connectivity index is 2.47. The quantitative estimate of drug-likeness (QED) is 0.628. The highest BCUT2D eigenvalue weighted by molar-refractivity contribution is 5.42. The Bertz CT molecular complexity index is 371. The van der Waals surface area contributed by atoms with Crippen LogP contribution in [0.4, 0.5) is 0 Å². The molecule has 1 rings (SSSR count). The lowest BCUT2D eigenvalue weighted by atomic mass is 10.2. The summed E-state index contributed by atoms with van der Waals surface area (Å²) in [5.41, 5.74) is 1.15. The summed E-state index contributed by atoms with van der Waals surface area (Å²) < 4.78 is 21.0. The highest BCUT2D eigenvalue weighted by atomic mass is 16.5. The van der Waals surface area contributed by atoms with Crippen molar-refractivity contribution in [1.29, 1.82) is 0 Å². The van der Waals surface area contributed by atoms with Gasteiger partial charge >= 0.3 is 0 Å². The van der Waals surface area contributed by atoms with Crippen LogP contribution in [0.5, 0.6) is 11.5 Å². The van der Waals surface area contributed by atoms with Gasteiger partial charge in [-0.1, -0.05) is 6.07 Å². The van der Waals surface area contributed by atoms with Crippen molar-refractivity contribution in [2.75, 3.05) is 47.7 Å². The van der Waals surface area contributed by atoms with Crippen LogP contribution < -0.4 is 14.8 Å². The SMILES string of the molecule is COCCCOc1ccc(CNCCOC)cc1OC. The van der Waals surface area contributed by atoms with E-state index in [4.69, 9.17) is 18.9 Å². The molecule has 0 bridgehead atoms. The number of benzene rings is 1. The normalized spacial score (nSPS) is 10.6. The Kier molecular flexibility index (Phi) is 8.78. The van der Waals surface area contributed by atoms with Gasteiger partial charge in [0.25, 0.3) is 0 Å². The van der Waals surface area contributed by atoms with E-state index in [1.165, 1.54) is 0 Å². The predicted molar refractivity (Wildman–Crippen MR) is 78.6 cm³/mol. The van der Waals surface area contributed by atoms with E-state index in [9.17, 15) is 0 Å². The minimum atomic E-state index is 0.621. The third kappa shape index (κ3) is 6.23. The van der Waals surface area contributed by atoms with Gasteiger partial charge in [-0.15, -0.1) is 0 Å². The van der Waals surface area contributed by atoms with Crippen molar-refractivity contribution in [3.05, 3.63) is 23.8 Å². The molecule has 20 heavy (non-hydrogen) atoms. The molecule has 5 nitrogen and oxygen atoms in total. The van der Waals surface area contributed by atoms with E-state index in [2.05, 4.69) is 5.32 Å². The van der Waals surface area contributed by atoms with Gasteiger partial charge in [0.15, 0.2) is 11.5 Å². The van der Waals surface area contributed by atoms with Crippen molar-refractivity contribution in [2.24, 2.45) is 0 Å². The first-order valence-electron chi connectivity index (χ1n) is 6.80. The molecule has 1 N–H and O–H groups in total. The summed E-state index contributed by atoms with van der Waals surface area (Å²) in [6, 6.07) is 5.97. The standard InChI is InChI=1S/C15H25NO4/c1-17-8-4-9-20-14-6-5-13(11-15(14)19-3)12-16-7-10-18-2/h5-6,11,16H,4,7-10,12H2,1-3H3. The fourth-order valence-electron chi connectivity index (χ4n) is 1.73. The van der Waals surface area contributed by atoms with E-state index < -0.39 is 0 Å². The highest BCUT2D eigenvalue weighted by Gasteiger charge is 2.05. The van der Waals surface area contributed by atoms with Gasteiger partial charge in [0, 0.05) is 40.3 Å². The predicted octanol–water partition coefficient (Wildman–Crippen LogP) is 1.85. The van der Waals surface area contributed by atoms with Crippen LogP contribution in [0.1, 0.15) is 12.0 Å². The number of ether oxygens (including phenoxy) is 4. The molecule has 0 saturated heterocycles. The molecular formula is C15H25NO4. The van der Waals surface area contributed by atoms with Gasteiger partial charge in [-0.3, -0.25) is 0 Å². The van der Waals surface area contributed by atoms with Gasteiger partial charge in [-0.25, -0.2) is 0 Å². The zero-order valence-corrected chi connectivity index (χ0v) is 12.6. The Morgan fingerprint density at radius 3 is 2.45 bits per heavy atom. The first kappa shape index (κ1) is 16.8. The largest absolute Gasteiger partial charge is 0.493 e. The van der Waals surface area contributed by atoms with Gasteiger partial charge in [-0.2, -0.15) is 0 Å². The second-order valence-corrected chi connectivity index (χ2v) is 4.35. The average Bonchev–Trinajstić information content (AvgIpc) is 2.49. The van der Waals surface area contributed by atoms with Crippen molar-refractivity contribution < 1.29 is 18.9 Å². The molecule has 0 unspecified atom stereocenters. The lowest BCUT2D eigenvalue weighted by molar-refractivity contribution is 0.170. The molecule has 0 saturated carbocycles. The summed E-state index contributed by atoms with van der Waals surface area (Å²) in [7, 11) is 5.03. The van der Waals surface area contributed by atoms with Gasteiger partial charge in [0.1, 0.15) is 0 Å². The van der Waals surface area contributed by atoms with Crippen LogP contribution in [-0.4, -0.2) is 47.7 Å². The summed E-state index contributed by atoms with van der Waals surface area (Å²) in [6.07, 6.45) is 0.861. The van der Waals surface area contributed by atoms with Crippen molar-refractivity contribution in [1.82, 2.24) is 5.32 Å². The maximum atomic E-state index is 5.68. The van der Waals surface area contributed by atoms with Crippen LogP contribution in [0, 0.1) is 0 Å². The van der Waals surface area contributed by atoms with Crippen LogP contribution in [0.25, 0.3) is 0 Å². The molecule has 5 heteroatoms. The first-order chi connectivity index (χ1) is 9.81. The Hall–Kier alpha value is -1.30. The molecular weight excluding hydrogens is 258 g/mol. The smallest absolute Gasteiger partial charge is 0.161 e. The van der Waals surface area contributed by atoms with Crippen LogP contribution >= 0.6 is 0 Å². The molecule has 0 aliphatic rings.